The van der Waals surface area contributed by atoms with Crippen molar-refractivity contribution in [3.63, 3.8) is 0 Å². The van der Waals surface area contributed by atoms with Gasteiger partial charge in [-0.3, -0.25) is 4.99 Å². The molecule has 0 amide bonds. The molecule has 0 aliphatic rings. The molecule has 0 saturated heterocycles. The second-order valence-electron chi connectivity index (χ2n) is 5.00. The zero-order chi connectivity index (χ0) is 14.6. The molecule has 0 heterocycles. The molecule has 1 aromatic rings. The predicted octanol–water partition coefficient (Wildman–Crippen LogP) is 2.21. The quantitative estimate of drug-likeness (QED) is 0.435. The number of guanidine groups is 1. The van der Waals surface area contributed by atoms with E-state index in [1.165, 1.54) is 5.56 Å². The minimum Gasteiger partial charge on any atom is -0.381 e. The summed E-state index contributed by atoms with van der Waals surface area (Å²) in [7, 11) is 1.79. The summed E-state index contributed by atoms with van der Waals surface area (Å²) in [6.07, 6.45) is 1.96. The summed E-state index contributed by atoms with van der Waals surface area (Å²) in [5.41, 5.74) is 1.33. The van der Waals surface area contributed by atoms with Crippen LogP contribution in [0.1, 0.15) is 25.8 Å². The zero-order valence-electron chi connectivity index (χ0n) is 12.9. The van der Waals surface area contributed by atoms with Crippen molar-refractivity contribution in [3.05, 3.63) is 35.9 Å². The van der Waals surface area contributed by atoms with Gasteiger partial charge in [0.25, 0.3) is 0 Å². The molecule has 0 spiro atoms. The number of aliphatic imine (C=N–C) groups is 1. The van der Waals surface area contributed by atoms with Gasteiger partial charge in [-0.15, -0.1) is 0 Å². The van der Waals surface area contributed by atoms with Crippen LogP contribution in [0.15, 0.2) is 35.3 Å². The molecule has 0 saturated carbocycles. The van der Waals surface area contributed by atoms with Crippen LogP contribution < -0.4 is 10.6 Å². The van der Waals surface area contributed by atoms with Crippen LogP contribution in [0.2, 0.25) is 0 Å². The van der Waals surface area contributed by atoms with Gasteiger partial charge in [0.15, 0.2) is 5.96 Å². The average Bonchev–Trinajstić information content (AvgIpc) is 2.45. The van der Waals surface area contributed by atoms with Crippen molar-refractivity contribution in [3.8, 4) is 0 Å². The van der Waals surface area contributed by atoms with Gasteiger partial charge in [-0.2, -0.15) is 0 Å². The SMILES string of the molecule is CN=C(NCCCOCCc1ccccc1)NC(C)C. The number of rotatable bonds is 8. The van der Waals surface area contributed by atoms with E-state index in [0.29, 0.717) is 6.04 Å². The summed E-state index contributed by atoms with van der Waals surface area (Å²) in [6.45, 7) is 6.62. The Morgan fingerprint density at radius 2 is 1.95 bits per heavy atom. The van der Waals surface area contributed by atoms with Crippen molar-refractivity contribution in [1.82, 2.24) is 10.6 Å². The Balaban J connectivity index is 1.99. The molecule has 1 rings (SSSR count). The molecule has 0 aliphatic heterocycles. The summed E-state index contributed by atoms with van der Waals surface area (Å²) >= 11 is 0. The summed E-state index contributed by atoms with van der Waals surface area (Å²) < 4.78 is 5.63. The van der Waals surface area contributed by atoms with E-state index in [0.717, 1.165) is 38.6 Å². The number of benzene rings is 1. The Hall–Kier alpha value is -1.55. The molecule has 0 unspecified atom stereocenters. The molecule has 0 aromatic heterocycles. The van der Waals surface area contributed by atoms with Gasteiger partial charge in [0.2, 0.25) is 0 Å². The van der Waals surface area contributed by atoms with E-state index in [9.17, 15) is 0 Å². The molecular formula is C16H27N3O. The first-order valence-corrected chi connectivity index (χ1v) is 7.31. The summed E-state index contributed by atoms with van der Waals surface area (Å²) in [5, 5.41) is 6.52. The van der Waals surface area contributed by atoms with Crippen molar-refractivity contribution in [2.24, 2.45) is 4.99 Å². The van der Waals surface area contributed by atoms with Gasteiger partial charge in [-0.05, 0) is 32.3 Å². The lowest BCUT2D eigenvalue weighted by Crippen LogP contribution is -2.41. The van der Waals surface area contributed by atoms with Crippen LogP contribution in [0.25, 0.3) is 0 Å². The van der Waals surface area contributed by atoms with Crippen LogP contribution in [0, 0.1) is 0 Å². The highest BCUT2D eigenvalue weighted by Crippen LogP contribution is 1.99. The molecule has 4 nitrogen and oxygen atoms in total. The fourth-order valence-electron chi connectivity index (χ4n) is 1.79. The number of nitrogens with one attached hydrogen (secondary N) is 2. The summed E-state index contributed by atoms with van der Waals surface area (Å²) in [4.78, 5) is 4.16. The lowest BCUT2D eigenvalue weighted by atomic mass is 10.2. The standard InChI is InChI=1S/C16H27N3O/c1-14(2)19-16(17-3)18-11-7-12-20-13-10-15-8-5-4-6-9-15/h4-6,8-9,14H,7,10-13H2,1-3H3,(H2,17,18,19). The maximum Gasteiger partial charge on any atom is 0.191 e. The van der Waals surface area contributed by atoms with Crippen molar-refractivity contribution >= 4 is 5.96 Å². The van der Waals surface area contributed by atoms with Crippen LogP contribution in [0.5, 0.6) is 0 Å². The highest BCUT2D eigenvalue weighted by atomic mass is 16.5. The van der Waals surface area contributed by atoms with Gasteiger partial charge in [-0.25, -0.2) is 0 Å². The first-order valence-electron chi connectivity index (χ1n) is 7.31. The van der Waals surface area contributed by atoms with Crippen molar-refractivity contribution in [2.45, 2.75) is 32.7 Å². The Morgan fingerprint density at radius 1 is 1.20 bits per heavy atom. The van der Waals surface area contributed by atoms with Crippen LogP contribution in [0.4, 0.5) is 0 Å². The molecule has 0 radical (unpaired) electrons. The molecule has 1 aromatic carbocycles. The minimum absolute atomic E-state index is 0.392. The van der Waals surface area contributed by atoms with E-state index >= 15 is 0 Å². The topological polar surface area (TPSA) is 45.7 Å². The van der Waals surface area contributed by atoms with E-state index < -0.39 is 0 Å². The molecule has 0 atom stereocenters. The number of nitrogens with zero attached hydrogens (tertiary/aromatic N) is 1. The van der Waals surface area contributed by atoms with Gasteiger partial charge in [-0.1, -0.05) is 30.3 Å². The third-order valence-corrected chi connectivity index (χ3v) is 2.78. The second kappa shape index (κ2) is 10.3. The zero-order valence-corrected chi connectivity index (χ0v) is 12.9. The van der Waals surface area contributed by atoms with Crippen LogP contribution in [-0.2, 0) is 11.2 Å². The summed E-state index contributed by atoms with van der Waals surface area (Å²) in [5.74, 6) is 0.851. The smallest absolute Gasteiger partial charge is 0.191 e. The largest absolute Gasteiger partial charge is 0.381 e. The highest BCUT2D eigenvalue weighted by molar-refractivity contribution is 5.79. The first-order chi connectivity index (χ1) is 9.72. The molecule has 4 heteroatoms. The van der Waals surface area contributed by atoms with Gasteiger partial charge < -0.3 is 15.4 Å². The van der Waals surface area contributed by atoms with Crippen molar-refractivity contribution in [2.75, 3.05) is 26.8 Å². The fraction of sp³-hybridized carbons (Fsp3) is 0.562. The first kappa shape index (κ1) is 16.5. The number of hydrogen-bond donors (Lipinski definition) is 2. The van der Waals surface area contributed by atoms with E-state index in [-0.39, 0.29) is 0 Å². The van der Waals surface area contributed by atoms with Crippen molar-refractivity contribution in [1.29, 1.82) is 0 Å². The predicted molar refractivity (Wildman–Crippen MR) is 85.2 cm³/mol. The molecule has 2 N–H and O–H groups in total. The maximum absolute atomic E-state index is 5.63. The number of ether oxygens (including phenoxy) is 1. The Morgan fingerprint density at radius 3 is 2.60 bits per heavy atom. The fourth-order valence-corrected chi connectivity index (χ4v) is 1.79. The molecular weight excluding hydrogens is 250 g/mol. The molecule has 112 valence electrons. The minimum atomic E-state index is 0.392. The van der Waals surface area contributed by atoms with Gasteiger partial charge in [0, 0.05) is 26.2 Å². The van der Waals surface area contributed by atoms with Gasteiger partial charge >= 0.3 is 0 Å². The van der Waals surface area contributed by atoms with Crippen LogP contribution >= 0.6 is 0 Å². The van der Waals surface area contributed by atoms with E-state index in [2.05, 4.69) is 53.7 Å². The lowest BCUT2D eigenvalue weighted by Gasteiger charge is -2.14. The molecule has 20 heavy (non-hydrogen) atoms. The number of hydrogen-bond acceptors (Lipinski definition) is 2. The Labute approximate surface area is 122 Å². The molecule has 0 fully saturated rings. The Kier molecular flexibility index (Phi) is 8.47. The van der Waals surface area contributed by atoms with Gasteiger partial charge in [0.05, 0.1) is 6.61 Å². The van der Waals surface area contributed by atoms with Crippen LogP contribution in [0.3, 0.4) is 0 Å². The lowest BCUT2D eigenvalue weighted by molar-refractivity contribution is 0.135. The van der Waals surface area contributed by atoms with E-state index in [1.807, 2.05) is 6.07 Å². The summed E-state index contributed by atoms with van der Waals surface area (Å²) in [6, 6.07) is 10.8. The average molecular weight is 277 g/mol. The normalized spacial score (nSPS) is 11.7. The van der Waals surface area contributed by atoms with Crippen LogP contribution in [-0.4, -0.2) is 38.8 Å². The van der Waals surface area contributed by atoms with E-state index in [4.69, 9.17) is 4.74 Å². The third kappa shape index (κ3) is 7.79. The van der Waals surface area contributed by atoms with E-state index in [1.54, 1.807) is 7.05 Å². The molecule has 0 bridgehead atoms. The maximum atomic E-state index is 5.63. The third-order valence-electron chi connectivity index (χ3n) is 2.78. The van der Waals surface area contributed by atoms with Gasteiger partial charge in [0.1, 0.15) is 0 Å². The Bertz CT molecular complexity index is 377. The monoisotopic (exact) mass is 277 g/mol. The molecule has 0 aliphatic carbocycles. The second-order valence-corrected chi connectivity index (χ2v) is 5.00. The van der Waals surface area contributed by atoms with Crippen molar-refractivity contribution < 1.29 is 4.74 Å². The highest BCUT2D eigenvalue weighted by Gasteiger charge is 1.98.